The van der Waals surface area contributed by atoms with E-state index in [1.807, 2.05) is 36.4 Å². The Morgan fingerprint density at radius 3 is 2.56 bits per heavy atom. The van der Waals surface area contributed by atoms with Crippen LogP contribution in [0.25, 0.3) is 11.1 Å². The molecule has 0 radical (unpaired) electrons. The molecule has 0 unspecified atom stereocenters. The summed E-state index contributed by atoms with van der Waals surface area (Å²) in [6.45, 7) is 2.11. The van der Waals surface area contributed by atoms with Gasteiger partial charge in [0, 0.05) is 18.9 Å². The average molecular weight is 331 g/mol. The number of carbonyl (C=O) groups excluding carboxylic acids is 1. The summed E-state index contributed by atoms with van der Waals surface area (Å²) in [6, 6.07) is 18.0. The normalized spacial score (nSPS) is 20.6. The van der Waals surface area contributed by atoms with E-state index in [9.17, 15) is 4.79 Å². The molecular formula is C21H21N3O. The number of amides is 1. The highest BCUT2D eigenvalue weighted by Crippen LogP contribution is 2.36. The molecule has 1 heterocycles. The van der Waals surface area contributed by atoms with Gasteiger partial charge in [-0.05, 0) is 41.3 Å². The number of nitriles is 1. The summed E-state index contributed by atoms with van der Waals surface area (Å²) in [5, 5.41) is 9.11. The molecule has 2 aromatic rings. The second-order valence-corrected chi connectivity index (χ2v) is 6.71. The molecule has 0 bridgehead atoms. The van der Waals surface area contributed by atoms with Crippen LogP contribution in [0.1, 0.15) is 30.9 Å². The van der Waals surface area contributed by atoms with E-state index >= 15 is 0 Å². The summed E-state index contributed by atoms with van der Waals surface area (Å²) in [7, 11) is 1.71. The molecule has 0 fully saturated rings. The molecule has 3 rings (SSSR count). The van der Waals surface area contributed by atoms with Crippen molar-refractivity contribution in [2.24, 2.45) is 5.73 Å². The van der Waals surface area contributed by atoms with Gasteiger partial charge in [0.2, 0.25) is 5.91 Å². The number of carbonyl (C=O) groups is 1. The second kappa shape index (κ2) is 6.45. The van der Waals surface area contributed by atoms with Crippen LogP contribution in [0.4, 0.5) is 0 Å². The lowest BCUT2D eigenvalue weighted by Crippen LogP contribution is -2.28. The molecule has 0 aliphatic carbocycles. The third kappa shape index (κ3) is 3.27. The van der Waals surface area contributed by atoms with Gasteiger partial charge in [-0.3, -0.25) is 4.79 Å². The first kappa shape index (κ1) is 16.8. The summed E-state index contributed by atoms with van der Waals surface area (Å²) in [6.07, 6.45) is 3.14. The first-order valence-corrected chi connectivity index (χ1v) is 8.29. The standard InChI is InChI=1S/C21H21N3O/c1-21(10-9-20(25)24(2)19(23)13-21)18-8-4-7-17(12-18)16-6-3-5-15(11-16)14-22/h3-8,11-13H,9-10,23H2,1-2H3/t21-/m1/s1. The van der Waals surface area contributed by atoms with Crippen molar-refractivity contribution in [3.63, 3.8) is 0 Å². The molecule has 0 spiro atoms. The third-order valence-electron chi connectivity index (χ3n) is 4.93. The van der Waals surface area contributed by atoms with Crippen molar-refractivity contribution in [2.75, 3.05) is 7.05 Å². The van der Waals surface area contributed by atoms with Gasteiger partial charge >= 0.3 is 0 Å². The van der Waals surface area contributed by atoms with Gasteiger partial charge in [-0.2, -0.15) is 5.26 Å². The molecule has 1 amide bonds. The number of nitrogens with two attached hydrogens (primary N) is 1. The Labute approximate surface area is 148 Å². The van der Waals surface area contributed by atoms with E-state index in [4.69, 9.17) is 11.0 Å². The van der Waals surface area contributed by atoms with E-state index in [0.29, 0.717) is 24.2 Å². The van der Waals surface area contributed by atoms with Crippen molar-refractivity contribution in [3.05, 3.63) is 71.6 Å². The predicted octanol–water partition coefficient (Wildman–Crippen LogP) is 3.54. The number of hydrogen-bond acceptors (Lipinski definition) is 3. The Bertz CT molecular complexity index is 894. The molecular weight excluding hydrogens is 310 g/mol. The molecule has 25 heavy (non-hydrogen) atoms. The minimum absolute atomic E-state index is 0.0374. The topological polar surface area (TPSA) is 70.1 Å². The molecule has 2 aromatic carbocycles. The quantitative estimate of drug-likeness (QED) is 0.915. The zero-order valence-corrected chi connectivity index (χ0v) is 14.5. The highest BCUT2D eigenvalue weighted by atomic mass is 16.2. The summed E-state index contributed by atoms with van der Waals surface area (Å²) in [4.78, 5) is 13.6. The molecule has 2 N–H and O–H groups in total. The smallest absolute Gasteiger partial charge is 0.227 e. The fourth-order valence-corrected chi connectivity index (χ4v) is 3.22. The number of hydrogen-bond donors (Lipinski definition) is 1. The van der Waals surface area contributed by atoms with E-state index in [1.54, 1.807) is 13.1 Å². The lowest BCUT2D eigenvalue weighted by Gasteiger charge is -2.26. The van der Waals surface area contributed by atoms with Gasteiger partial charge < -0.3 is 10.6 Å². The first-order valence-electron chi connectivity index (χ1n) is 8.29. The van der Waals surface area contributed by atoms with E-state index in [0.717, 1.165) is 16.7 Å². The fraction of sp³-hybridized carbons (Fsp3) is 0.238. The predicted molar refractivity (Wildman–Crippen MR) is 98.2 cm³/mol. The Morgan fingerprint density at radius 1 is 1.16 bits per heavy atom. The summed E-state index contributed by atoms with van der Waals surface area (Å²) < 4.78 is 0. The van der Waals surface area contributed by atoms with Crippen molar-refractivity contribution in [1.82, 2.24) is 4.90 Å². The largest absolute Gasteiger partial charge is 0.385 e. The van der Waals surface area contributed by atoms with Gasteiger partial charge in [-0.15, -0.1) is 0 Å². The Balaban J connectivity index is 2.04. The van der Waals surface area contributed by atoms with Crippen LogP contribution in [0.3, 0.4) is 0 Å². The van der Waals surface area contributed by atoms with Crippen molar-refractivity contribution in [1.29, 1.82) is 5.26 Å². The maximum absolute atomic E-state index is 12.1. The van der Waals surface area contributed by atoms with E-state index < -0.39 is 0 Å². The molecule has 126 valence electrons. The summed E-state index contributed by atoms with van der Waals surface area (Å²) in [5.41, 5.74) is 9.59. The fourth-order valence-electron chi connectivity index (χ4n) is 3.22. The minimum atomic E-state index is -0.312. The van der Waals surface area contributed by atoms with Gasteiger partial charge in [-0.1, -0.05) is 43.3 Å². The van der Waals surface area contributed by atoms with Crippen LogP contribution in [0, 0.1) is 11.3 Å². The number of benzene rings is 2. The zero-order chi connectivity index (χ0) is 18.0. The van der Waals surface area contributed by atoms with Gasteiger partial charge in [0.1, 0.15) is 5.82 Å². The van der Waals surface area contributed by atoms with Crippen molar-refractivity contribution < 1.29 is 4.79 Å². The van der Waals surface area contributed by atoms with Crippen molar-refractivity contribution in [3.8, 4) is 17.2 Å². The second-order valence-electron chi connectivity index (χ2n) is 6.71. The molecule has 0 saturated carbocycles. The van der Waals surface area contributed by atoms with Gasteiger partial charge in [0.25, 0.3) is 0 Å². The Morgan fingerprint density at radius 2 is 1.84 bits per heavy atom. The van der Waals surface area contributed by atoms with E-state index in [1.165, 1.54) is 4.90 Å². The molecule has 0 saturated heterocycles. The molecule has 1 aliphatic rings. The summed E-state index contributed by atoms with van der Waals surface area (Å²) in [5.74, 6) is 0.525. The third-order valence-corrected chi connectivity index (χ3v) is 4.93. The van der Waals surface area contributed by atoms with Crippen LogP contribution in [-0.2, 0) is 10.2 Å². The van der Waals surface area contributed by atoms with Crippen LogP contribution >= 0.6 is 0 Å². The van der Waals surface area contributed by atoms with Crippen LogP contribution in [0.2, 0.25) is 0 Å². The number of nitrogens with zero attached hydrogens (tertiary/aromatic N) is 2. The molecule has 0 aromatic heterocycles. The maximum atomic E-state index is 12.1. The molecule has 4 nitrogen and oxygen atoms in total. The number of rotatable bonds is 2. The van der Waals surface area contributed by atoms with Gasteiger partial charge in [-0.25, -0.2) is 0 Å². The highest BCUT2D eigenvalue weighted by molar-refractivity contribution is 5.78. The maximum Gasteiger partial charge on any atom is 0.227 e. The van der Waals surface area contributed by atoms with E-state index in [-0.39, 0.29) is 11.3 Å². The van der Waals surface area contributed by atoms with Crippen molar-refractivity contribution in [2.45, 2.75) is 25.2 Å². The highest BCUT2D eigenvalue weighted by Gasteiger charge is 2.30. The average Bonchev–Trinajstić information content (AvgIpc) is 2.74. The van der Waals surface area contributed by atoms with Gasteiger partial charge in [0.05, 0.1) is 11.6 Å². The monoisotopic (exact) mass is 331 g/mol. The van der Waals surface area contributed by atoms with Crippen LogP contribution in [0.15, 0.2) is 60.4 Å². The number of allylic oxidation sites excluding steroid dienone is 1. The van der Waals surface area contributed by atoms with Gasteiger partial charge in [0.15, 0.2) is 0 Å². The Kier molecular flexibility index (Phi) is 4.33. The molecule has 1 atom stereocenters. The summed E-state index contributed by atoms with van der Waals surface area (Å²) >= 11 is 0. The zero-order valence-electron chi connectivity index (χ0n) is 14.5. The van der Waals surface area contributed by atoms with Crippen LogP contribution < -0.4 is 5.73 Å². The first-order chi connectivity index (χ1) is 11.9. The molecule has 4 heteroatoms. The minimum Gasteiger partial charge on any atom is -0.385 e. The molecule has 1 aliphatic heterocycles. The van der Waals surface area contributed by atoms with E-state index in [2.05, 4.69) is 25.1 Å². The Hall–Kier alpha value is -3.06. The lowest BCUT2D eigenvalue weighted by molar-refractivity contribution is -0.128. The SMILES string of the molecule is CN1C(=O)CC[C@@](C)(c2cccc(-c3cccc(C#N)c3)c2)C=C1N. The van der Waals surface area contributed by atoms with Crippen LogP contribution in [-0.4, -0.2) is 17.9 Å². The lowest BCUT2D eigenvalue weighted by atomic mass is 9.78. The van der Waals surface area contributed by atoms with Crippen molar-refractivity contribution >= 4 is 5.91 Å². The van der Waals surface area contributed by atoms with Crippen LogP contribution in [0.5, 0.6) is 0 Å².